The second-order valence-electron chi connectivity index (χ2n) is 6.61. The zero-order valence-electron chi connectivity index (χ0n) is 14.3. The third-order valence-electron chi connectivity index (χ3n) is 4.53. The summed E-state index contributed by atoms with van der Waals surface area (Å²) in [5.41, 5.74) is 9.65. The molecule has 1 saturated heterocycles. The van der Waals surface area contributed by atoms with Gasteiger partial charge in [-0.25, -0.2) is 9.78 Å². The van der Waals surface area contributed by atoms with E-state index >= 15 is 0 Å². The number of likely N-dealkylation sites (tertiary alicyclic amines) is 1. The minimum absolute atomic E-state index is 0.0449. The molecule has 2 amide bonds. The summed E-state index contributed by atoms with van der Waals surface area (Å²) in [4.78, 5) is 18.5. The third kappa shape index (κ3) is 3.76. The number of urea groups is 1. The molecule has 0 spiro atoms. The largest absolute Gasteiger partial charge is 0.340 e. The van der Waals surface area contributed by atoms with Crippen LogP contribution in [0.15, 0.2) is 36.8 Å². The first-order valence-electron chi connectivity index (χ1n) is 8.34. The van der Waals surface area contributed by atoms with Crippen LogP contribution in [0.3, 0.4) is 0 Å². The standard InChI is InChI=1S/C18H25N5O/c1-13-4-3-5-14(8-13)6-7-20-18(24)23-9-15(16(19)10-23)17-11-22(2)12-21-17/h3-5,8,11-12,15-16H,6-7,9-10,19H2,1-2H3,(H,20,24)/t15-,16-/m1/s1. The molecule has 0 unspecified atom stereocenters. The summed E-state index contributed by atoms with van der Waals surface area (Å²) in [5.74, 6) is 0.105. The fourth-order valence-electron chi connectivity index (χ4n) is 3.23. The monoisotopic (exact) mass is 327 g/mol. The maximum absolute atomic E-state index is 12.4. The molecule has 3 N–H and O–H groups in total. The Morgan fingerprint density at radius 1 is 1.42 bits per heavy atom. The van der Waals surface area contributed by atoms with Gasteiger partial charge < -0.3 is 20.5 Å². The van der Waals surface area contributed by atoms with E-state index in [0.29, 0.717) is 19.6 Å². The molecule has 0 aliphatic carbocycles. The highest BCUT2D eigenvalue weighted by molar-refractivity contribution is 5.74. The predicted octanol–water partition coefficient (Wildman–Crippen LogP) is 1.41. The Labute approximate surface area is 142 Å². The maximum atomic E-state index is 12.4. The minimum atomic E-state index is -0.0672. The molecule has 1 aromatic heterocycles. The molecule has 24 heavy (non-hydrogen) atoms. The van der Waals surface area contributed by atoms with Crippen LogP contribution in [-0.2, 0) is 13.5 Å². The van der Waals surface area contributed by atoms with Gasteiger partial charge in [0, 0.05) is 44.8 Å². The normalized spacial score (nSPS) is 20.4. The Bertz CT molecular complexity index is 711. The predicted molar refractivity (Wildman–Crippen MR) is 93.8 cm³/mol. The second kappa shape index (κ2) is 7.05. The van der Waals surface area contributed by atoms with E-state index < -0.39 is 0 Å². The van der Waals surface area contributed by atoms with Crippen molar-refractivity contribution >= 4 is 6.03 Å². The van der Waals surface area contributed by atoms with Gasteiger partial charge in [-0.2, -0.15) is 0 Å². The number of nitrogens with two attached hydrogens (primary N) is 1. The number of carbonyl (C=O) groups excluding carboxylic acids is 1. The molecule has 1 fully saturated rings. The van der Waals surface area contributed by atoms with Crippen LogP contribution in [0.25, 0.3) is 0 Å². The maximum Gasteiger partial charge on any atom is 0.317 e. The van der Waals surface area contributed by atoms with Gasteiger partial charge in [0.2, 0.25) is 0 Å². The highest BCUT2D eigenvalue weighted by Crippen LogP contribution is 2.25. The van der Waals surface area contributed by atoms with Gasteiger partial charge in [0.15, 0.2) is 0 Å². The van der Waals surface area contributed by atoms with Gasteiger partial charge >= 0.3 is 6.03 Å². The summed E-state index contributed by atoms with van der Waals surface area (Å²) in [7, 11) is 1.94. The summed E-state index contributed by atoms with van der Waals surface area (Å²) in [6.45, 7) is 3.89. The van der Waals surface area contributed by atoms with Crippen molar-refractivity contribution in [1.82, 2.24) is 19.8 Å². The molecule has 1 aromatic carbocycles. The van der Waals surface area contributed by atoms with Crippen molar-refractivity contribution in [2.45, 2.75) is 25.3 Å². The molecule has 6 heteroatoms. The van der Waals surface area contributed by atoms with Crippen LogP contribution in [-0.4, -0.2) is 46.2 Å². The summed E-state index contributed by atoms with van der Waals surface area (Å²) in [5, 5.41) is 3.00. The lowest BCUT2D eigenvalue weighted by molar-refractivity contribution is 0.208. The average Bonchev–Trinajstić information content (AvgIpc) is 3.13. The van der Waals surface area contributed by atoms with Crippen molar-refractivity contribution in [3.05, 3.63) is 53.6 Å². The molecule has 0 saturated carbocycles. The minimum Gasteiger partial charge on any atom is -0.340 e. The van der Waals surface area contributed by atoms with Crippen LogP contribution >= 0.6 is 0 Å². The summed E-state index contributed by atoms with van der Waals surface area (Å²) < 4.78 is 1.91. The van der Waals surface area contributed by atoms with E-state index in [9.17, 15) is 4.79 Å². The van der Waals surface area contributed by atoms with E-state index in [0.717, 1.165) is 12.1 Å². The van der Waals surface area contributed by atoms with Crippen LogP contribution in [0.4, 0.5) is 4.79 Å². The SMILES string of the molecule is Cc1cccc(CCNC(=O)N2C[C@@H](N)[C@H](c3cn(C)cn3)C2)c1. The lowest BCUT2D eigenvalue weighted by atomic mass is 10.0. The Balaban J connectivity index is 1.51. The number of amides is 2. The quantitative estimate of drug-likeness (QED) is 0.891. The van der Waals surface area contributed by atoms with Gasteiger partial charge in [-0.1, -0.05) is 29.8 Å². The lowest BCUT2D eigenvalue weighted by Gasteiger charge is -2.17. The number of nitrogens with one attached hydrogen (secondary N) is 1. The molecule has 2 atom stereocenters. The Hall–Kier alpha value is -2.34. The number of nitrogens with zero attached hydrogens (tertiary/aromatic N) is 3. The zero-order chi connectivity index (χ0) is 17.1. The smallest absolute Gasteiger partial charge is 0.317 e. The van der Waals surface area contributed by atoms with Crippen molar-refractivity contribution in [1.29, 1.82) is 0 Å². The van der Waals surface area contributed by atoms with Gasteiger partial charge in [-0.3, -0.25) is 0 Å². The molecule has 0 radical (unpaired) electrons. The fourth-order valence-corrected chi connectivity index (χ4v) is 3.23. The molecule has 6 nitrogen and oxygen atoms in total. The zero-order valence-corrected chi connectivity index (χ0v) is 14.3. The number of benzene rings is 1. The molecule has 3 rings (SSSR count). The average molecular weight is 327 g/mol. The van der Waals surface area contributed by atoms with Crippen molar-refractivity contribution in [3.63, 3.8) is 0 Å². The summed E-state index contributed by atoms with van der Waals surface area (Å²) in [6, 6.07) is 8.24. The number of hydrogen-bond acceptors (Lipinski definition) is 3. The van der Waals surface area contributed by atoms with E-state index in [1.807, 2.05) is 23.9 Å². The Kier molecular flexibility index (Phi) is 4.85. The Morgan fingerprint density at radius 2 is 2.25 bits per heavy atom. The van der Waals surface area contributed by atoms with Crippen LogP contribution in [0.1, 0.15) is 22.7 Å². The van der Waals surface area contributed by atoms with E-state index in [4.69, 9.17) is 5.73 Å². The number of imidazole rings is 1. The lowest BCUT2D eigenvalue weighted by Crippen LogP contribution is -2.40. The topological polar surface area (TPSA) is 76.2 Å². The van der Waals surface area contributed by atoms with Crippen molar-refractivity contribution < 1.29 is 4.79 Å². The number of carbonyl (C=O) groups is 1. The second-order valence-corrected chi connectivity index (χ2v) is 6.61. The first-order chi connectivity index (χ1) is 11.5. The molecule has 128 valence electrons. The first-order valence-corrected chi connectivity index (χ1v) is 8.34. The number of hydrogen-bond donors (Lipinski definition) is 2. The molecule has 1 aliphatic heterocycles. The number of aryl methyl sites for hydroxylation is 2. The summed E-state index contributed by atoms with van der Waals surface area (Å²) >= 11 is 0. The van der Waals surface area contributed by atoms with Crippen LogP contribution in [0.2, 0.25) is 0 Å². The molecular weight excluding hydrogens is 302 g/mol. The summed E-state index contributed by atoms with van der Waals surface area (Å²) in [6.07, 6.45) is 4.58. The number of rotatable bonds is 4. The highest BCUT2D eigenvalue weighted by atomic mass is 16.2. The van der Waals surface area contributed by atoms with Crippen molar-refractivity contribution in [2.24, 2.45) is 12.8 Å². The van der Waals surface area contributed by atoms with Crippen molar-refractivity contribution in [3.8, 4) is 0 Å². The van der Waals surface area contributed by atoms with E-state index in [1.165, 1.54) is 11.1 Å². The fraction of sp³-hybridized carbons (Fsp3) is 0.444. The van der Waals surface area contributed by atoms with E-state index in [2.05, 4.69) is 35.4 Å². The van der Waals surface area contributed by atoms with Crippen molar-refractivity contribution in [2.75, 3.05) is 19.6 Å². The molecular formula is C18H25N5O. The van der Waals surface area contributed by atoms with Gasteiger partial charge in [0.25, 0.3) is 0 Å². The first kappa shape index (κ1) is 16.5. The third-order valence-corrected chi connectivity index (χ3v) is 4.53. The van der Waals surface area contributed by atoms with Gasteiger partial charge in [-0.05, 0) is 18.9 Å². The van der Waals surface area contributed by atoms with Gasteiger partial charge in [-0.15, -0.1) is 0 Å². The molecule has 1 aliphatic rings. The molecule has 0 bridgehead atoms. The molecule has 2 heterocycles. The Morgan fingerprint density at radius 3 is 2.96 bits per heavy atom. The van der Waals surface area contributed by atoms with Gasteiger partial charge in [0.05, 0.1) is 12.0 Å². The van der Waals surface area contributed by atoms with Gasteiger partial charge in [0.1, 0.15) is 0 Å². The van der Waals surface area contributed by atoms with E-state index in [1.54, 1.807) is 11.2 Å². The molecule has 2 aromatic rings. The number of aromatic nitrogens is 2. The van der Waals surface area contributed by atoms with E-state index in [-0.39, 0.29) is 18.0 Å². The van der Waals surface area contributed by atoms with Crippen LogP contribution in [0, 0.1) is 6.92 Å². The van der Waals surface area contributed by atoms with Crippen LogP contribution in [0.5, 0.6) is 0 Å². The highest BCUT2D eigenvalue weighted by Gasteiger charge is 2.35. The van der Waals surface area contributed by atoms with Crippen LogP contribution < -0.4 is 11.1 Å².